The summed E-state index contributed by atoms with van der Waals surface area (Å²) in [6.07, 6.45) is 1.06. The highest BCUT2D eigenvalue weighted by atomic mass is 33.1. The number of hydrogen-bond acceptors (Lipinski definition) is 14. The first-order valence-electron chi connectivity index (χ1n) is 20.9. The number of nitriles is 2. The van der Waals surface area contributed by atoms with Gasteiger partial charge in [0.25, 0.3) is 17.1 Å². The molecule has 10 nitrogen and oxygen atoms in total. The second-order valence-corrected chi connectivity index (χ2v) is 26.6. The van der Waals surface area contributed by atoms with Gasteiger partial charge in [0.1, 0.15) is 22.0 Å². The summed E-state index contributed by atoms with van der Waals surface area (Å²) >= 11 is 0. The fourth-order valence-corrected chi connectivity index (χ4v) is 22.1. The normalized spacial score (nSPS) is 24.4. The van der Waals surface area contributed by atoms with Gasteiger partial charge in [0.2, 0.25) is 0 Å². The molecule has 4 fully saturated rings. The first-order valence-corrected chi connectivity index (χ1v) is 29.1. The van der Waals surface area contributed by atoms with Crippen molar-refractivity contribution < 1.29 is 39.7 Å². The molecule has 0 aromatic heterocycles. The van der Waals surface area contributed by atoms with Crippen molar-refractivity contribution in [3.63, 3.8) is 0 Å². The lowest BCUT2D eigenvalue weighted by molar-refractivity contribution is -0.147. The average molecular weight is 977 g/mol. The third-order valence-corrected chi connectivity index (χ3v) is 24.6. The Morgan fingerprint density at radius 1 is 0.733 bits per heavy atom. The summed E-state index contributed by atoms with van der Waals surface area (Å²) in [7, 11) is -1.42. The Morgan fingerprint density at radius 3 is 1.58 bits per heavy atom. The van der Waals surface area contributed by atoms with Crippen molar-refractivity contribution in [1.82, 2.24) is 9.34 Å². The van der Waals surface area contributed by atoms with Crippen LogP contribution in [0, 0.1) is 22.7 Å². The van der Waals surface area contributed by atoms with Crippen LogP contribution in [0.1, 0.15) is 127 Å². The third-order valence-electron chi connectivity index (χ3n) is 10.1. The topological polar surface area (TPSA) is 125 Å². The van der Waals surface area contributed by atoms with Gasteiger partial charge in [-0.1, -0.05) is 94.5 Å². The highest BCUT2D eigenvalue weighted by Gasteiger charge is 2.64. The second kappa shape index (κ2) is 25.0. The largest absolute Gasteiger partial charge is 0.403 e. The number of halogens is 3. The molecule has 0 radical (unpaired) electrons. The molecule has 2 saturated heterocycles. The van der Waals surface area contributed by atoms with Crippen molar-refractivity contribution in [1.29, 1.82) is 10.5 Å². The Morgan fingerprint density at radius 2 is 1.17 bits per heavy atom. The zero-order chi connectivity index (χ0) is 44.9. The number of sulfone groups is 1. The quantitative estimate of drug-likeness (QED) is 0.0787. The summed E-state index contributed by atoms with van der Waals surface area (Å²) in [6.45, 7) is 20.7. The van der Waals surface area contributed by atoms with E-state index in [-0.39, 0.29) is 55.0 Å². The predicted molar refractivity (Wildman–Crippen MR) is 247 cm³/mol. The van der Waals surface area contributed by atoms with Crippen LogP contribution in [0.4, 0.5) is 13.2 Å². The SMILES string of the molecule is CC.CC(C)N(C(C)C)P(OCCC#N)OC1C(C(F)(F)F)SSC12CCCCC2.CC(C)N(C(C)C)P(OCCC#N)OC1C(S(=O)(=O)c2ccccc2)SSC12CC2. The van der Waals surface area contributed by atoms with Crippen molar-refractivity contribution >= 4 is 70.1 Å². The molecule has 2 spiro atoms. The van der Waals surface area contributed by atoms with Gasteiger partial charge in [0.15, 0.2) is 9.84 Å². The molecule has 2 aliphatic carbocycles. The Bertz CT molecular complexity index is 1620. The van der Waals surface area contributed by atoms with E-state index in [1.165, 1.54) is 21.6 Å². The van der Waals surface area contributed by atoms with E-state index in [4.69, 9.17) is 28.6 Å². The van der Waals surface area contributed by atoms with E-state index in [1.54, 1.807) is 35.1 Å². The molecule has 60 heavy (non-hydrogen) atoms. The molecule has 342 valence electrons. The number of benzene rings is 1. The van der Waals surface area contributed by atoms with Crippen LogP contribution in [-0.2, 0) is 27.9 Å². The van der Waals surface area contributed by atoms with E-state index in [1.807, 2.05) is 58.3 Å². The molecule has 6 unspecified atom stereocenters. The van der Waals surface area contributed by atoms with Gasteiger partial charge in [0.05, 0.1) is 52.6 Å². The van der Waals surface area contributed by atoms with Crippen LogP contribution < -0.4 is 0 Å². The predicted octanol–water partition coefficient (Wildman–Crippen LogP) is 13.1. The smallest absolute Gasteiger partial charge is 0.321 e. The summed E-state index contributed by atoms with van der Waals surface area (Å²) in [5, 5.41) is 16.2. The van der Waals surface area contributed by atoms with Crippen molar-refractivity contribution in [2.45, 2.75) is 194 Å². The molecule has 2 heterocycles. The molecular weight excluding hydrogens is 912 g/mol. The molecule has 4 aliphatic rings. The Labute approximate surface area is 376 Å². The standard InChI is InChI=1S/C20H29N2O4PS3.C18H30F3N2O2PS2.C2H6/c1-15(2)22(16(3)4)27(25-14-8-13-21)26-18-19(28-29-20(18)11-12-20)30(23,24)17-9-6-5-7-10-17;1-13(2)23(14(3)4)26(24-12-8-11-22)25-15-16(18(19,20)21)27-28-17(15)9-6-5-7-10-17;1-2/h5-7,9-10,15-16,18-19H,8,11-12,14H2,1-4H3;13-16H,5-10,12H2,1-4H3;1-2H3. The molecule has 0 N–H and O–H groups in total. The van der Waals surface area contributed by atoms with Crippen molar-refractivity contribution in [3.05, 3.63) is 30.3 Å². The molecular formula is C40H65F3N4O6P2S5. The van der Waals surface area contributed by atoms with Crippen molar-refractivity contribution in [2.24, 2.45) is 0 Å². The van der Waals surface area contributed by atoms with Gasteiger partial charge in [-0.3, -0.25) is 0 Å². The van der Waals surface area contributed by atoms with Crippen molar-refractivity contribution in [2.75, 3.05) is 13.2 Å². The van der Waals surface area contributed by atoms with Gasteiger partial charge in [-0.2, -0.15) is 23.7 Å². The monoisotopic (exact) mass is 976 g/mol. The number of alkyl halides is 3. The number of nitrogens with zero attached hydrogens (tertiary/aromatic N) is 4. The highest BCUT2D eigenvalue weighted by molar-refractivity contribution is 8.79. The lowest BCUT2D eigenvalue weighted by atomic mass is 9.83. The molecule has 2 saturated carbocycles. The van der Waals surface area contributed by atoms with E-state index in [0.717, 1.165) is 55.7 Å². The third kappa shape index (κ3) is 14.2. The maximum Gasteiger partial charge on any atom is 0.403 e. The maximum absolute atomic E-state index is 13.8. The van der Waals surface area contributed by atoms with E-state index < -0.39 is 59.9 Å². The minimum Gasteiger partial charge on any atom is -0.321 e. The maximum atomic E-state index is 13.8. The summed E-state index contributed by atoms with van der Waals surface area (Å²) in [5.74, 6) is 0. The lowest BCUT2D eigenvalue weighted by Gasteiger charge is -2.43. The van der Waals surface area contributed by atoms with E-state index in [9.17, 15) is 21.6 Å². The minimum atomic E-state index is -4.32. The Hall–Kier alpha value is -0.0400. The minimum absolute atomic E-state index is 0.0570. The van der Waals surface area contributed by atoms with E-state index in [2.05, 4.69) is 38.4 Å². The van der Waals surface area contributed by atoms with Crippen LogP contribution in [0.25, 0.3) is 0 Å². The summed E-state index contributed by atoms with van der Waals surface area (Å²) in [6, 6.07) is 13.2. The molecule has 0 bridgehead atoms. The Kier molecular flexibility index (Phi) is 22.6. The zero-order valence-corrected chi connectivity index (χ0v) is 42.5. The second-order valence-electron chi connectivity index (χ2n) is 15.9. The van der Waals surface area contributed by atoms with Crippen LogP contribution in [0.3, 0.4) is 0 Å². The number of hydrogen-bond donors (Lipinski definition) is 0. The lowest BCUT2D eigenvalue weighted by Crippen LogP contribution is -2.49. The molecule has 6 atom stereocenters. The van der Waals surface area contributed by atoms with Gasteiger partial charge in [0, 0.05) is 24.2 Å². The van der Waals surface area contributed by atoms with Crippen LogP contribution in [0.5, 0.6) is 0 Å². The summed E-state index contributed by atoms with van der Waals surface area (Å²) in [5.41, 5.74) is 0. The van der Waals surface area contributed by atoms with Crippen LogP contribution >= 0.6 is 60.2 Å². The molecule has 1 aromatic carbocycles. The van der Waals surface area contributed by atoms with Gasteiger partial charge < -0.3 is 18.1 Å². The average Bonchev–Trinajstić information content (AvgIpc) is 3.78. The van der Waals surface area contributed by atoms with Crippen LogP contribution in [0.15, 0.2) is 35.2 Å². The molecule has 5 rings (SSSR count). The fourth-order valence-electron chi connectivity index (χ4n) is 7.28. The molecule has 0 amide bonds. The van der Waals surface area contributed by atoms with E-state index >= 15 is 0 Å². The van der Waals surface area contributed by atoms with Gasteiger partial charge in [-0.15, -0.1) is 0 Å². The van der Waals surface area contributed by atoms with Gasteiger partial charge in [-0.25, -0.2) is 17.8 Å². The van der Waals surface area contributed by atoms with Gasteiger partial charge in [-0.05, 0) is 93.2 Å². The molecule has 2 aliphatic heterocycles. The first kappa shape index (κ1) is 54.3. The first-order chi connectivity index (χ1) is 28.3. The molecule has 20 heteroatoms. The fraction of sp³-hybridized carbons (Fsp3) is 0.800. The summed E-state index contributed by atoms with van der Waals surface area (Å²) < 4.78 is 95.9. The van der Waals surface area contributed by atoms with Gasteiger partial charge >= 0.3 is 6.18 Å². The zero-order valence-electron chi connectivity index (χ0n) is 36.6. The van der Waals surface area contributed by atoms with E-state index in [0.29, 0.717) is 4.90 Å². The summed E-state index contributed by atoms with van der Waals surface area (Å²) in [4.78, 5) is 0.328. The Balaban J connectivity index is 0.000000308. The van der Waals surface area contributed by atoms with Crippen LogP contribution in [0.2, 0.25) is 0 Å². The number of rotatable bonds is 18. The van der Waals surface area contributed by atoms with Crippen molar-refractivity contribution in [3.8, 4) is 12.1 Å². The highest BCUT2D eigenvalue weighted by Crippen LogP contribution is 2.69. The molecule has 1 aromatic rings. The van der Waals surface area contributed by atoms with Crippen LogP contribution in [-0.4, -0.2) is 92.8 Å².